The van der Waals surface area contributed by atoms with Crippen molar-refractivity contribution in [2.75, 3.05) is 60.7 Å². The molecule has 6 heterocycles. The summed E-state index contributed by atoms with van der Waals surface area (Å²) in [5.41, 5.74) is 2.51. The number of aryl methyl sites for hydroxylation is 1. The van der Waals surface area contributed by atoms with Crippen LogP contribution in [0.25, 0.3) is 11.3 Å². The van der Waals surface area contributed by atoms with E-state index in [9.17, 15) is 14.4 Å². The van der Waals surface area contributed by atoms with Crippen molar-refractivity contribution in [2.24, 2.45) is 12.5 Å². The number of hydrogen-bond acceptors (Lipinski definition) is 13. The molecule has 5 aromatic rings. The molecule has 3 amide bonds. The Labute approximate surface area is 349 Å². The third-order valence-corrected chi connectivity index (χ3v) is 11.3. The number of ether oxygens (including phenoxy) is 1. The van der Waals surface area contributed by atoms with Crippen molar-refractivity contribution >= 4 is 52.1 Å². The van der Waals surface area contributed by atoms with Crippen LogP contribution >= 0.6 is 0 Å². The zero-order valence-electron chi connectivity index (χ0n) is 33.8. The number of likely N-dealkylation sites (tertiary alicyclic amines) is 1. The molecule has 1 atom stereocenters. The number of carbonyl (C=O) groups excluding carboxylic acids is 3. The zero-order chi connectivity index (χ0) is 42.9. The standard InChI is InChI=1S/C42H45F3N12O4/c1-4-46-40(60)37-32(49-30-7-5-6-27(38(30)61-3)29-14-16-55(2)54-29)19-35(52-53-37)50-34-12-8-25(20-47-34)21-56-17-15-41(42(44,45)24-56)22-57(23-41)33-11-9-26(18-28(33)43)48-31-10-13-36(58)51-39(31)59/h5-9,11-12,14,16,18-20,31,48H,4,10,13,15,17,21-24H2,1-3H3,(H,46,60)(H,51,58,59)(H2,47,49,50,52). The van der Waals surface area contributed by atoms with Crippen LogP contribution in [0.1, 0.15) is 42.2 Å². The molecule has 8 rings (SSSR count). The Morgan fingerprint density at radius 2 is 1.84 bits per heavy atom. The number of nitrogens with zero attached hydrogens (tertiary/aromatic N) is 7. The highest BCUT2D eigenvalue weighted by Gasteiger charge is 2.62. The van der Waals surface area contributed by atoms with E-state index in [1.807, 2.05) is 37.5 Å². The van der Waals surface area contributed by atoms with E-state index in [1.165, 1.54) is 12.1 Å². The van der Waals surface area contributed by atoms with Gasteiger partial charge in [-0.1, -0.05) is 12.1 Å². The lowest BCUT2D eigenvalue weighted by Gasteiger charge is -2.58. The first-order chi connectivity index (χ1) is 29.3. The van der Waals surface area contributed by atoms with E-state index in [0.29, 0.717) is 59.7 Å². The summed E-state index contributed by atoms with van der Waals surface area (Å²) < 4.78 is 54.4. The van der Waals surface area contributed by atoms with Crippen LogP contribution in [0, 0.1) is 11.2 Å². The lowest BCUT2D eigenvalue weighted by atomic mass is 9.69. The van der Waals surface area contributed by atoms with E-state index < -0.39 is 41.6 Å². The van der Waals surface area contributed by atoms with E-state index in [2.05, 4.69) is 46.9 Å². The largest absolute Gasteiger partial charge is 0.494 e. The summed E-state index contributed by atoms with van der Waals surface area (Å²) in [6.45, 7) is 2.46. The first-order valence-electron chi connectivity index (χ1n) is 19.9. The molecule has 3 aliphatic rings. The second kappa shape index (κ2) is 16.7. The number of carbonyl (C=O) groups is 3. The minimum Gasteiger partial charge on any atom is -0.494 e. The summed E-state index contributed by atoms with van der Waals surface area (Å²) in [6, 6.07) is 16.3. The van der Waals surface area contributed by atoms with Gasteiger partial charge < -0.3 is 30.9 Å². The van der Waals surface area contributed by atoms with Crippen LogP contribution in [0.3, 0.4) is 0 Å². The van der Waals surface area contributed by atoms with E-state index in [-0.39, 0.29) is 49.8 Å². The number of benzene rings is 2. The molecular weight excluding hydrogens is 794 g/mol. The molecule has 3 fully saturated rings. The van der Waals surface area contributed by atoms with Crippen LogP contribution in [-0.4, -0.2) is 99.4 Å². The zero-order valence-corrected chi connectivity index (χ0v) is 33.8. The number of amides is 3. The van der Waals surface area contributed by atoms with Crippen LogP contribution in [0.15, 0.2) is 73.1 Å². The number of pyridine rings is 1. The quantitative estimate of drug-likeness (QED) is 0.0975. The third-order valence-electron chi connectivity index (χ3n) is 11.3. The van der Waals surface area contributed by atoms with Crippen LogP contribution in [0.5, 0.6) is 5.75 Å². The summed E-state index contributed by atoms with van der Waals surface area (Å²) in [5, 5.41) is 27.3. The molecule has 61 heavy (non-hydrogen) atoms. The molecule has 3 saturated heterocycles. The number of alkyl halides is 2. The topological polar surface area (TPSA) is 184 Å². The number of halogens is 3. The summed E-state index contributed by atoms with van der Waals surface area (Å²) in [5.74, 6) is -3.60. The number of methoxy groups -OCH3 is 1. The molecule has 2 aromatic carbocycles. The Morgan fingerprint density at radius 1 is 1.00 bits per heavy atom. The number of nitrogens with one attached hydrogen (secondary N) is 5. The van der Waals surface area contributed by atoms with Gasteiger partial charge in [0, 0.05) is 69.4 Å². The maximum atomic E-state index is 15.9. The minimum absolute atomic E-state index is 0.0160. The molecule has 3 aliphatic heterocycles. The molecule has 5 N–H and O–H groups in total. The second-order valence-electron chi connectivity index (χ2n) is 15.5. The number of rotatable bonds is 13. The number of anilines is 6. The van der Waals surface area contributed by atoms with Crippen LogP contribution < -0.4 is 36.2 Å². The molecule has 19 heteroatoms. The molecule has 3 aromatic heterocycles. The SMILES string of the molecule is CCNC(=O)c1nnc(Nc2ccc(CN3CCC4(CN(c5ccc(NC6CCC(=O)NC6=O)cc5F)C4)C(F)(F)C3)cn2)cc1Nc1cccc(-c2ccn(C)n2)c1OC. The summed E-state index contributed by atoms with van der Waals surface area (Å²) in [4.78, 5) is 44.4. The highest BCUT2D eigenvalue weighted by Crippen LogP contribution is 2.52. The molecule has 0 radical (unpaired) electrons. The van der Waals surface area contributed by atoms with E-state index in [0.717, 1.165) is 11.1 Å². The minimum atomic E-state index is -3.02. The maximum Gasteiger partial charge on any atom is 0.273 e. The maximum absolute atomic E-state index is 15.9. The van der Waals surface area contributed by atoms with Gasteiger partial charge in [0.05, 0.1) is 41.8 Å². The Kier molecular flexibility index (Phi) is 11.2. The summed E-state index contributed by atoms with van der Waals surface area (Å²) >= 11 is 0. The molecule has 0 saturated carbocycles. The highest BCUT2D eigenvalue weighted by molar-refractivity contribution is 6.01. The number of imide groups is 1. The van der Waals surface area contributed by atoms with Crippen molar-refractivity contribution in [3.63, 3.8) is 0 Å². The monoisotopic (exact) mass is 838 g/mol. The van der Waals surface area contributed by atoms with E-state index >= 15 is 13.2 Å². The Bertz CT molecular complexity index is 2460. The predicted octanol–water partition coefficient (Wildman–Crippen LogP) is 5.22. The van der Waals surface area contributed by atoms with Crippen LogP contribution in [0.4, 0.5) is 47.6 Å². The predicted molar refractivity (Wildman–Crippen MR) is 222 cm³/mol. The smallest absolute Gasteiger partial charge is 0.273 e. The van der Waals surface area contributed by atoms with Gasteiger partial charge in [0.2, 0.25) is 11.8 Å². The Hall–Kier alpha value is -6.76. The fraction of sp³-hybridized carbons (Fsp3) is 0.357. The number of hydrogen-bond donors (Lipinski definition) is 5. The Balaban J connectivity index is 0.889. The highest BCUT2D eigenvalue weighted by atomic mass is 19.3. The van der Waals surface area contributed by atoms with Gasteiger partial charge in [-0.05, 0) is 74.3 Å². The van der Waals surface area contributed by atoms with Gasteiger partial charge in [0.1, 0.15) is 17.7 Å². The number of para-hydroxylation sites is 1. The van der Waals surface area contributed by atoms with Gasteiger partial charge in [0.25, 0.3) is 11.8 Å². The average molecular weight is 839 g/mol. The lowest BCUT2D eigenvalue weighted by molar-refractivity contribution is -0.181. The number of piperidine rings is 2. The van der Waals surface area contributed by atoms with Crippen molar-refractivity contribution in [3.05, 3.63) is 90.1 Å². The fourth-order valence-electron chi connectivity index (χ4n) is 8.05. The summed E-state index contributed by atoms with van der Waals surface area (Å²) in [7, 11) is 3.38. The molecule has 1 spiro atoms. The first kappa shape index (κ1) is 41.0. The summed E-state index contributed by atoms with van der Waals surface area (Å²) in [6.07, 6.45) is 4.16. The van der Waals surface area contributed by atoms with Gasteiger partial charge in [-0.25, -0.2) is 18.2 Å². The molecule has 318 valence electrons. The molecule has 16 nitrogen and oxygen atoms in total. The van der Waals surface area contributed by atoms with E-state index in [4.69, 9.17) is 4.74 Å². The molecular formula is C42H45F3N12O4. The third kappa shape index (κ3) is 8.50. The molecule has 1 unspecified atom stereocenters. The van der Waals surface area contributed by atoms with Gasteiger partial charge >= 0.3 is 0 Å². The van der Waals surface area contributed by atoms with Crippen LogP contribution in [0.2, 0.25) is 0 Å². The lowest BCUT2D eigenvalue weighted by Crippen LogP contribution is -2.70. The fourth-order valence-corrected chi connectivity index (χ4v) is 8.05. The van der Waals surface area contributed by atoms with Crippen molar-refractivity contribution in [1.29, 1.82) is 0 Å². The van der Waals surface area contributed by atoms with Gasteiger partial charge in [-0.2, -0.15) is 5.10 Å². The van der Waals surface area contributed by atoms with Crippen molar-refractivity contribution in [3.8, 4) is 17.0 Å². The van der Waals surface area contributed by atoms with Gasteiger partial charge in [-0.3, -0.25) is 29.3 Å². The number of aromatic nitrogens is 5. The average Bonchev–Trinajstić information content (AvgIpc) is 3.65. The molecule has 0 bridgehead atoms. The second-order valence-corrected chi connectivity index (χ2v) is 15.5. The first-order valence-corrected chi connectivity index (χ1v) is 19.9. The van der Waals surface area contributed by atoms with Crippen molar-refractivity contribution in [2.45, 2.75) is 44.7 Å². The Morgan fingerprint density at radius 3 is 2.52 bits per heavy atom. The van der Waals surface area contributed by atoms with Gasteiger partial charge in [0.15, 0.2) is 17.3 Å². The normalized spacial score (nSPS) is 18.3. The van der Waals surface area contributed by atoms with E-state index in [1.54, 1.807) is 59.0 Å². The van der Waals surface area contributed by atoms with Gasteiger partial charge in [-0.15, -0.1) is 10.2 Å². The van der Waals surface area contributed by atoms with Crippen molar-refractivity contribution in [1.82, 2.24) is 40.5 Å². The van der Waals surface area contributed by atoms with Crippen molar-refractivity contribution < 1.29 is 32.3 Å². The van der Waals surface area contributed by atoms with Crippen LogP contribution in [-0.2, 0) is 23.2 Å². The molecule has 0 aliphatic carbocycles.